The molecular formula is C20H33N5O. The Morgan fingerprint density at radius 1 is 1.27 bits per heavy atom. The lowest BCUT2D eigenvalue weighted by molar-refractivity contribution is -0.127. The van der Waals surface area contributed by atoms with E-state index in [1.165, 1.54) is 18.4 Å². The second kappa shape index (κ2) is 10.00. The van der Waals surface area contributed by atoms with Gasteiger partial charge in [-0.05, 0) is 69.9 Å². The maximum Gasteiger partial charge on any atom is 0.224 e. The molecule has 0 spiro atoms. The summed E-state index contributed by atoms with van der Waals surface area (Å²) in [6.07, 6.45) is 9.19. The van der Waals surface area contributed by atoms with Crippen LogP contribution in [0.15, 0.2) is 24.5 Å². The quantitative estimate of drug-likeness (QED) is 0.716. The van der Waals surface area contributed by atoms with E-state index < -0.39 is 0 Å². The Morgan fingerprint density at radius 3 is 2.85 bits per heavy atom. The van der Waals surface area contributed by atoms with Gasteiger partial charge in [0.1, 0.15) is 0 Å². The second-order valence-electron chi connectivity index (χ2n) is 7.64. The maximum atomic E-state index is 12.4. The Balaban J connectivity index is 1.43. The van der Waals surface area contributed by atoms with Crippen LogP contribution in [0.25, 0.3) is 0 Å². The molecule has 2 aliphatic rings. The smallest absolute Gasteiger partial charge is 0.224 e. The largest absolute Gasteiger partial charge is 0.356 e. The first kappa shape index (κ1) is 19.3. The van der Waals surface area contributed by atoms with Crippen molar-refractivity contribution < 1.29 is 4.79 Å². The second-order valence-corrected chi connectivity index (χ2v) is 7.64. The summed E-state index contributed by atoms with van der Waals surface area (Å²) in [6, 6.07) is 4.78. The standard InChI is InChI=1S/C20H33N5O/c21-8-3-10-23-20(26)18-5-2-11-25(16-18)19-6-12-24(13-7-19)15-17-4-1-9-22-14-17/h1,4,9,14,18-19H,2-3,5-8,10-13,15-16,21H2,(H,23,26)/t18-/m1/s1. The van der Waals surface area contributed by atoms with Crippen LogP contribution >= 0.6 is 0 Å². The fraction of sp³-hybridized carbons (Fsp3) is 0.700. The molecule has 0 saturated carbocycles. The summed E-state index contributed by atoms with van der Waals surface area (Å²) >= 11 is 0. The molecule has 1 aromatic heterocycles. The van der Waals surface area contributed by atoms with Crippen LogP contribution in [0, 0.1) is 5.92 Å². The van der Waals surface area contributed by atoms with Gasteiger partial charge in [0.15, 0.2) is 0 Å². The molecule has 26 heavy (non-hydrogen) atoms. The number of nitrogens with two attached hydrogens (primary N) is 1. The van der Waals surface area contributed by atoms with Crippen molar-refractivity contribution in [3.8, 4) is 0 Å². The number of hydrogen-bond donors (Lipinski definition) is 2. The third kappa shape index (κ3) is 5.50. The molecule has 2 fully saturated rings. The van der Waals surface area contributed by atoms with Crippen LogP contribution in [-0.4, -0.2) is 66.0 Å². The van der Waals surface area contributed by atoms with Crippen molar-refractivity contribution in [3.63, 3.8) is 0 Å². The van der Waals surface area contributed by atoms with Gasteiger partial charge in [-0.1, -0.05) is 6.07 Å². The molecule has 2 saturated heterocycles. The number of nitrogens with one attached hydrogen (secondary N) is 1. The van der Waals surface area contributed by atoms with Crippen LogP contribution in [0.5, 0.6) is 0 Å². The third-order valence-corrected chi connectivity index (χ3v) is 5.71. The highest BCUT2D eigenvalue weighted by molar-refractivity contribution is 5.78. The normalized spacial score (nSPS) is 23.0. The van der Waals surface area contributed by atoms with Gasteiger partial charge in [0.25, 0.3) is 0 Å². The van der Waals surface area contributed by atoms with Crippen LogP contribution < -0.4 is 11.1 Å². The molecule has 0 unspecified atom stereocenters. The number of carbonyl (C=O) groups excluding carboxylic acids is 1. The first-order valence-corrected chi connectivity index (χ1v) is 10.1. The predicted molar refractivity (Wildman–Crippen MR) is 104 cm³/mol. The van der Waals surface area contributed by atoms with E-state index >= 15 is 0 Å². The summed E-state index contributed by atoms with van der Waals surface area (Å²) in [6.45, 7) is 6.65. The van der Waals surface area contributed by atoms with Crippen molar-refractivity contribution in [2.24, 2.45) is 11.7 Å². The molecule has 1 amide bonds. The van der Waals surface area contributed by atoms with Gasteiger partial charge in [-0.25, -0.2) is 0 Å². The zero-order valence-corrected chi connectivity index (χ0v) is 15.8. The molecule has 6 nitrogen and oxygen atoms in total. The van der Waals surface area contributed by atoms with Crippen LogP contribution in [-0.2, 0) is 11.3 Å². The Hall–Kier alpha value is -1.50. The fourth-order valence-electron chi connectivity index (χ4n) is 4.20. The topological polar surface area (TPSA) is 74.5 Å². The number of aromatic nitrogens is 1. The summed E-state index contributed by atoms with van der Waals surface area (Å²) in [5, 5.41) is 3.05. The molecule has 0 bridgehead atoms. The third-order valence-electron chi connectivity index (χ3n) is 5.71. The molecule has 0 aliphatic carbocycles. The van der Waals surface area contributed by atoms with Crippen LogP contribution in [0.1, 0.15) is 37.7 Å². The van der Waals surface area contributed by atoms with Gasteiger partial charge in [0.05, 0.1) is 5.92 Å². The van der Waals surface area contributed by atoms with E-state index in [1.54, 1.807) is 0 Å². The summed E-state index contributed by atoms with van der Waals surface area (Å²) in [4.78, 5) is 21.7. The van der Waals surface area contributed by atoms with Crippen LogP contribution in [0.2, 0.25) is 0 Å². The van der Waals surface area contributed by atoms with Crippen molar-refractivity contribution >= 4 is 5.91 Å². The lowest BCUT2D eigenvalue weighted by Crippen LogP contribution is -2.50. The molecule has 2 aliphatic heterocycles. The van der Waals surface area contributed by atoms with Gasteiger partial charge in [0, 0.05) is 38.1 Å². The number of piperidine rings is 2. The van der Waals surface area contributed by atoms with Crippen molar-refractivity contribution in [3.05, 3.63) is 30.1 Å². The summed E-state index contributed by atoms with van der Waals surface area (Å²) in [5.41, 5.74) is 6.80. The highest BCUT2D eigenvalue weighted by Crippen LogP contribution is 2.24. The molecule has 6 heteroatoms. The molecule has 3 rings (SSSR count). The van der Waals surface area contributed by atoms with Gasteiger partial charge in [-0.3, -0.25) is 19.6 Å². The minimum atomic E-state index is 0.148. The molecular weight excluding hydrogens is 326 g/mol. The maximum absolute atomic E-state index is 12.4. The van der Waals surface area contributed by atoms with Gasteiger partial charge < -0.3 is 11.1 Å². The number of rotatable bonds is 7. The van der Waals surface area contributed by atoms with Gasteiger partial charge in [-0.15, -0.1) is 0 Å². The van der Waals surface area contributed by atoms with Crippen molar-refractivity contribution in [2.45, 2.75) is 44.7 Å². The van der Waals surface area contributed by atoms with E-state index in [4.69, 9.17) is 5.73 Å². The van der Waals surface area contributed by atoms with Crippen molar-refractivity contribution in [1.82, 2.24) is 20.1 Å². The number of amides is 1. The highest BCUT2D eigenvalue weighted by atomic mass is 16.1. The van der Waals surface area contributed by atoms with Crippen molar-refractivity contribution in [1.29, 1.82) is 0 Å². The number of pyridine rings is 1. The summed E-state index contributed by atoms with van der Waals surface area (Å²) < 4.78 is 0. The molecule has 1 atom stereocenters. The number of likely N-dealkylation sites (tertiary alicyclic amines) is 2. The highest BCUT2D eigenvalue weighted by Gasteiger charge is 2.31. The van der Waals surface area contributed by atoms with Gasteiger partial charge in [0.2, 0.25) is 5.91 Å². The average molecular weight is 360 g/mol. The van der Waals surface area contributed by atoms with E-state index in [9.17, 15) is 4.79 Å². The summed E-state index contributed by atoms with van der Waals surface area (Å²) in [7, 11) is 0. The van der Waals surface area contributed by atoms with Gasteiger partial charge in [-0.2, -0.15) is 0 Å². The zero-order valence-electron chi connectivity index (χ0n) is 15.8. The Kier molecular flexibility index (Phi) is 7.41. The molecule has 3 heterocycles. The van der Waals surface area contributed by atoms with E-state index in [0.29, 0.717) is 19.1 Å². The first-order valence-electron chi connectivity index (χ1n) is 10.1. The molecule has 0 aromatic carbocycles. The number of hydrogen-bond acceptors (Lipinski definition) is 5. The predicted octanol–water partition coefficient (Wildman–Crippen LogP) is 1.22. The number of nitrogens with zero attached hydrogens (tertiary/aromatic N) is 3. The Labute approximate surface area is 157 Å². The Morgan fingerprint density at radius 2 is 2.12 bits per heavy atom. The molecule has 144 valence electrons. The lowest BCUT2D eigenvalue weighted by Gasteiger charge is -2.42. The monoisotopic (exact) mass is 359 g/mol. The summed E-state index contributed by atoms with van der Waals surface area (Å²) in [5.74, 6) is 0.368. The lowest BCUT2D eigenvalue weighted by atomic mass is 9.93. The van der Waals surface area contributed by atoms with Gasteiger partial charge >= 0.3 is 0 Å². The minimum Gasteiger partial charge on any atom is -0.356 e. The van der Waals surface area contributed by atoms with Crippen LogP contribution in [0.4, 0.5) is 0 Å². The molecule has 1 aromatic rings. The molecule has 0 radical (unpaired) electrons. The SMILES string of the molecule is NCCCNC(=O)[C@@H]1CCCN(C2CCN(Cc3cccnc3)CC2)C1. The van der Waals surface area contributed by atoms with Crippen molar-refractivity contribution in [2.75, 3.05) is 39.3 Å². The van der Waals surface area contributed by atoms with E-state index in [-0.39, 0.29) is 11.8 Å². The molecule has 3 N–H and O–H groups in total. The fourth-order valence-corrected chi connectivity index (χ4v) is 4.20. The van der Waals surface area contributed by atoms with E-state index in [0.717, 1.165) is 52.0 Å². The first-order chi connectivity index (χ1) is 12.8. The average Bonchev–Trinajstić information content (AvgIpc) is 2.69. The Bertz CT molecular complexity index is 544. The zero-order chi connectivity index (χ0) is 18.2. The van der Waals surface area contributed by atoms with E-state index in [2.05, 4.69) is 26.2 Å². The van der Waals surface area contributed by atoms with Crippen LogP contribution in [0.3, 0.4) is 0 Å². The van der Waals surface area contributed by atoms with E-state index in [1.807, 2.05) is 18.5 Å². The minimum absolute atomic E-state index is 0.148. The number of carbonyl (C=O) groups is 1.